The highest BCUT2D eigenvalue weighted by molar-refractivity contribution is 8.26. The zero-order valence-corrected chi connectivity index (χ0v) is 14.8. The van der Waals surface area contributed by atoms with Crippen molar-refractivity contribution < 1.29 is 9.72 Å². The first-order chi connectivity index (χ1) is 11.5. The van der Waals surface area contributed by atoms with E-state index in [1.807, 2.05) is 0 Å². The largest absolute Gasteiger partial charge is 0.293 e. The maximum absolute atomic E-state index is 12.6. The van der Waals surface area contributed by atoms with Crippen molar-refractivity contribution in [3.63, 3.8) is 0 Å². The fraction of sp³-hybridized carbons (Fsp3) is 0.412. The lowest BCUT2D eigenvalue weighted by Crippen LogP contribution is -2.30. The van der Waals surface area contributed by atoms with Crippen molar-refractivity contribution in [2.24, 2.45) is 5.92 Å². The van der Waals surface area contributed by atoms with Crippen molar-refractivity contribution in [3.05, 3.63) is 44.8 Å². The van der Waals surface area contributed by atoms with Crippen molar-refractivity contribution in [1.29, 1.82) is 0 Å². The number of non-ortho nitro benzene ring substituents is 1. The molecule has 1 saturated carbocycles. The predicted molar refractivity (Wildman–Crippen MR) is 99.6 cm³/mol. The number of hydrogen-bond donors (Lipinski definition) is 0. The van der Waals surface area contributed by atoms with Gasteiger partial charge in [0.25, 0.3) is 11.6 Å². The van der Waals surface area contributed by atoms with Crippen LogP contribution in [0.5, 0.6) is 0 Å². The van der Waals surface area contributed by atoms with Crippen LogP contribution in [0.15, 0.2) is 29.2 Å². The summed E-state index contributed by atoms with van der Waals surface area (Å²) in [6, 6.07) is 6.26. The number of amides is 1. The van der Waals surface area contributed by atoms with Crippen LogP contribution in [0.2, 0.25) is 0 Å². The van der Waals surface area contributed by atoms with Gasteiger partial charge in [-0.15, -0.1) is 0 Å². The third-order valence-corrected chi connectivity index (χ3v) is 5.87. The number of carbonyl (C=O) groups excluding carboxylic acids is 1. The second-order valence-electron chi connectivity index (χ2n) is 6.12. The third-order valence-electron chi connectivity index (χ3n) is 4.49. The van der Waals surface area contributed by atoms with Gasteiger partial charge in [-0.2, -0.15) is 0 Å². The summed E-state index contributed by atoms with van der Waals surface area (Å²) in [4.78, 5) is 25.2. The van der Waals surface area contributed by atoms with E-state index in [1.165, 1.54) is 49.6 Å². The van der Waals surface area contributed by atoms with Gasteiger partial charge in [0, 0.05) is 18.7 Å². The molecular weight excluding hydrogens is 344 g/mol. The van der Waals surface area contributed by atoms with Crippen molar-refractivity contribution in [2.45, 2.75) is 32.1 Å². The number of thioether (sulfide) groups is 1. The van der Waals surface area contributed by atoms with Gasteiger partial charge in [0.1, 0.15) is 4.32 Å². The number of rotatable bonds is 5. The van der Waals surface area contributed by atoms with Crippen LogP contribution in [0.3, 0.4) is 0 Å². The standard InChI is InChI=1S/C17H18N2O3S2/c20-16-15(11-13-6-3-7-14(10-13)19(21)22)24-17(23)18(16)9-8-12-4-1-2-5-12/h3,6-7,10-12H,1-2,4-5,8-9H2/b15-11-. The fourth-order valence-corrected chi connectivity index (χ4v) is 4.49. The monoisotopic (exact) mass is 362 g/mol. The van der Waals surface area contributed by atoms with Crippen LogP contribution in [0.25, 0.3) is 6.08 Å². The lowest BCUT2D eigenvalue weighted by atomic mass is 10.0. The number of nitrogens with zero attached hydrogens (tertiary/aromatic N) is 2. The number of carbonyl (C=O) groups is 1. The van der Waals surface area contributed by atoms with E-state index >= 15 is 0 Å². The molecule has 0 N–H and O–H groups in total. The molecule has 0 bridgehead atoms. The van der Waals surface area contributed by atoms with E-state index in [4.69, 9.17) is 12.2 Å². The highest BCUT2D eigenvalue weighted by atomic mass is 32.2. The first-order valence-electron chi connectivity index (χ1n) is 8.04. The Balaban J connectivity index is 1.70. The van der Waals surface area contributed by atoms with Gasteiger partial charge in [0.2, 0.25) is 0 Å². The van der Waals surface area contributed by atoms with Crippen molar-refractivity contribution in [1.82, 2.24) is 4.90 Å². The van der Waals surface area contributed by atoms with E-state index in [-0.39, 0.29) is 11.6 Å². The minimum absolute atomic E-state index is 0.0143. The van der Waals surface area contributed by atoms with Gasteiger partial charge >= 0.3 is 0 Å². The van der Waals surface area contributed by atoms with Gasteiger partial charge in [0.05, 0.1) is 9.83 Å². The Kier molecular flexibility index (Phi) is 5.30. The quantitative estimate of drug-likeness (QED) is 0.337. The normalized spacial score (nSPS) is 20.3. The highest BCUT2D eigenvalue weighted by Crippen LogP contribution is 2.34. The molecule has 0 radical (unpaired) electrons. The first kappa shape index (κ1) is 17.1. The van der Waals surface area contributed by atoms with Gasteiger partial charge in [-0.3, -0.25) is 19.8 Å². The van der Waals surface area contributed by atoms with Gasteiger partial charge in [-0.05, 0) is 24.0 Å². The van der Waals surface area contributed by atoms with Crippen LogP contribution >= 0.6 is 24.0 Å². The molecule has 2 fully saturated rings. The molecule has 126 valence electrons. The Bertz CT molecular complexity index is 712. The van der Waals surface area contributed by atoms with Crippen LogP contribution in [-0.4, -0.2) is 26.6 Å². The molecule has 24 heavy (non-hydrogen) atoms. The summed E-state index contributed by atoms with van der Waals surface area (Å²) in [5.41, 5.74) is 0.654. The van der Waals surface area contributed by atoms with E-state index in [0.29, 0.717) is 27.3 Å². The van der Waals surface area contributed by atoms with E-state index in [9.17, 15) is 14.9 Å². The number of benzene rings is 1. The van der Waals surface area contributed by atoms with E-state index in [0.717, 1.165) is 6.42 Å². The number of nitro groups is 1. The van der Waals surface area contributed by atoms with Crippen molar-refractivity contribution in [2.75, 3.05) is 6.54 Å². The van der Waals surface area contributed by atoms with Crippen molar-refractivity contribution in [3.8, 4) is 0 Å². The van der Waals surface area contributed by atoms with Gasteiger partial charge in [-0.1, -0.05) is 61.8 Å². The number of thiocarbonyl (C=S) groups is 1. The summed E-state index contributed by atoms with van der Waals surface area (Å²) >= 11 is 6.61. The maximum Gasteiger partial charge on any atom is 0.270 e. The van der Waals surface area contributed by atoms with Gasteiger partial charge in [0.15, 0.2) is 0 Å². The molecule has 0 spiro atoms. The third kappa shape index (κ3) is 3.84. The van der Waals surface area contributed by atoms with Crippen LogP contribution in [0.4, 0.5) is 5.69 Å². The van der Waals surface area contributed by atoms with E-state index in [1.54, 1.807) is 23.1 Å². The Morgan fingerprint density at radius 2 is 2.12 bits per heavy atom. The lowest BCUT2D eigenvalue weighted by molar-refractivity contribution is -0.384. The summed E-state index contributed by atoms with van der Waals surface area (Å²) in [5.74, 6) is 0.616. The predicted octanol–water partition coefficient (Wildman–Crippen LogP) is 4.38. The molecule has 1 aromatic carbocycles. The Morgan fingerprint density at radius 3 is 2.83 bits per heavy atom. The molecule has 5 nitrogen and oxygen atoms in total. The first-order valence-corrected chi connectivity index (χ1v) is 9.27. The average Bonchev–Trinajstić information content (AvgIpc) is 3.15. The second kappa shape index (κ2) is 7.44. The molecule has 7 heteroatoms. The minimum atomic E-state index is -0.440. The fourth-order valence-electron chi connectivity index (χ4n) is 3.18. The molecule has 1 aliphatic heterocycles. The lowest BCUT2D eigenvalue weighted by Gasteiger charge is -2.17. The minimum Gasteiger partial charge on any atom is -0.293 e. The summed E-state index contributed by atoms with van der Waals surface area (Å²) in [6.45, 7) is 0.668. The van der Waals surface area contributed by atoms with Crippen LogP contribution in [0, 0.1) is 16.0 Å². The number of hydrogen-bond acceptors (Lipinski definition) is 5. The van der Waals surface area contributed by atoms with Crippen LogP contribution in [0.1, 0.15) is 37.7 Å². The van der Waals surface area contributed by atoms with E-state index in [2.05, 4.69) is 0 Å². The molecule has 3 rings (SSSR count). The summed E-state index contributed by atoms with van der Waals surface area (Å²) in [6.07, 6.45) is 7.75. The molecule has 0 unspecified atom stereocenters. The summed E-state index contributed by atoms with van der Waals surface area (Å²) < 4.78 is 0.578. The topological polar surface area (TPSA) is 63.4 Å². The van der Waals surface area contributed by atoms with Gasteiger partial charge in [-0.25, -0.2) is 0 Å². The molecular formula is C17H18N2O3S2. The molecule has 1 heterocycles. The molecule has 1 saturated heterocycles. The molecule has 1 amide bonds. The highest BCUT2D eigenvalue weighted by Gasteiger charge is 2.32. The van der Waals surface area contributed by atoms with Crippen LogP contribution in [-0.2, 0) is 4.79 Å². The Hall–Kier alpha value is -1.73. The summed E-state index contributed by atoms with van der Waals surface area (Å²) in [5, 5.41) is 10.9. The molecule has 2 aliphatic rings. The Morgan fingerprint density at radius 1 is 1.38 bits per heavy atom. The zero-order chi connectivity index (χ0) is 17.1. The maximum atomic E-state index is 12.6. The van der Waals surface area contributed by atoms with E-state index < -0.39 is 4.92 Å². The number of nitro benzene ring substituents is 1. The van der Waals surface area contributed by atoms with Crippen molar-refractivity contribution >= 4 is 46.0 Å². The zero-order valence-electron chi connectivity index (χ0n) is 13.1. The smallest absolute Gasteiger partial charge is 0.270 e. The Labute approximate surface area is 150 Å². The second-order valence-corrected chi connectivity index (χ2v) is 7.80. The SMILES string of the molecule is O=C1/C(=C/c2cccc([N+](=O)[O-])c2)SC(=S)N1CCC1CCCC1. The molecule has 1 aliphatic carbocycles. The van der Waals surface area contributed by atoms with Crippen LogP contribution < -0.4 is 0 Å². The molecule has 0 aromatic heterocycles. The molecule has 0 atom stereocenters. The average molecular weight is 362 g/mol. The summed E-state index contributed by atoms with van der Waals surface area (Å²) in [7, 11) is 0. The molecule has 1 aromatic rings. The van der Waals surface area contributed by atoms with Gasteiger partial charge < -0.3 is 0 Å².